The fourth-order valence-electron chi connectivity index (χ4n) is 5.00. The summed E-state index contributed by atoms with van der Waals surface area (Å²) in [5.41, 5.74) is 4.03. The van der Waals surface area contributed by atoms with Crippen molar-refractivity contribution in [3.8, 4) is 28.0 Å². The van der Waals surface area contributed by atoms with E-state index in [-0.39, 0.29) is 17.1 Å². The number of halogens is 3. The Morgan fingerprint density at radius 2 is 1.47 bits per heavy atom. The van der Waals surface area contributed by atoms with Crippen molar-refractivity contribution in [1.82, 2.24) is 0 Å². The van der Waals surface area contributed by atoms with Gasteiger partial charge in [-0.3, -0.25) is 0 Å². The molecule has 3 aromatic carbocycles. The Balaban J connectivity index is 1.48. The van der Waals surface area contributed by atoms with Gasteiger partial charge in [-0.05, 0) is 72.1 Å². The molecule has 1 aliphatic rings. The minimum absolute atomic E-state index is 0.0694. The number of unbranched alkanes of at least 4 members (excludes halogenated alkanes) is 2. The van der Waals surface area contributed by atoms with Gasteiger partial charge in [0.25, 0.3) is 0 Å². The van der Waals surface area contributed by atoms with Gasteiger partial charge in [0.05, 0.1) is 6.61 Å². The summed E-state index contributed by atoms with van der Waals surface area (Å²) in [4.78, 5) is 0. The molecule has 0 saturated heterocycles. The first-order chi connectivity index (χ1) is 17.5. The summed E-state index contributed by atoms with van der Waals surface area (Å²) >= 11 is 0. The average molecular weight is 493 g/mol. The van der Waals surface area contributed by atoms with Crippen molar-refractivity contribution in [2.45, 2.75) is 65.2 Å². The van der Waals surface area contributed by atoms with Crippen molar-refractivity contribution in [3.63, 3.8) is 0 Å². The van der Waals surface area contributed by atoms with Crippen LogP contribution < -0.4 is 4.74 Å². The number of hydrogen-bond acceptors (Lipinski definition) is 1. The molecule has 0 heterocycles. The van der Waals surface area contributed by atoms with Crippen LogP contribution in [0.15, 0.2) is 60.7 Å². The average Bonchev–Trinajstić information content (AvgIpc) is 2.90. The largest absolute Gasteiger partial charge is 0.490 e. The summed E-state index contributed by atoms with van der Waals surface area (Å²) in [5.74, 6) is -1.52. The molecule has 0 N–H and O–H groups in total. The first-order valence-electron chi connectivity index (χ1n) is 13.2. The molecule has 1 nitrogen and oxygen atoms in total. The number of allylic oxidation sites excluding steroid dienone is 2. The van der Waals surface area contributed by atoms with Crippen LogP contribution in [0.2, 0.25) is 0 Å². The Bertz CT molecular complexity index is 1200. The molecule has 36 heavy (non-hydrogen) atoms. The fourth-order valence-corrected chi connectivity index (χ4v) is 5.00. The van der Waals surface area contributed by atoms with E-state index in [2.05, 4.69) is 19.9 Å². The summed E-state index contributed by atoms with van der Waals surface area (Å²) in [6, 6.07) is 15.3. The van der Waals surface area contributed by atoms with Crippen LogP contribution in [0.5, 0.6) is 5.75 Å². The van der Waals surface area contributed by atoms with Gasteiger partial charge in [-0.1, -0.05) is 82.0 Å². The van der Waals surface area contributed by atoms with Gasteiger partial charge in [-0.15, -0.1) is 0 Å². The van der Waals surface area contributed by atoms with Crippen LogP contribution in [0.3, 0.4) is 0 Å². The molecule has 0 aromatic heterocycles. The first kappa shape index (κ1) is 26.1. The lowest BCUT2D eigenvalue weighted by molar-refractivity contribution is 0.286. The monoisotopic (exact) mass is 492 g/mol. The van der Waals surface area contributed by atoms with E-state index < -0.39 is 11.6 Å². The van der Waals surface area contributed by atoms with Crippen molar-refractivity contribution in [2.24, 2.45) is 5.92 Å². The van der Waals surface area contributed by atoms with Gasteiger partial charge in [0.15, 0.2) is 11.6 Å². The van der Waals surface area contributed by atoms with Gasteiger partial charge in [0, 0.05) is 11.1 Å². The topological polar surface area (TPSA) is 9.23 Å². The zero-order chi connectivity index (χ0) is 25.5. The summed E-state index contributed by atoms with van der Waals surface area (Å²) in [6.07, 6.45) is 10.7. The van der Waals surface area contributed by atoms with E-state index >= 15 is 4.39 Å². The second-order valence-corrected chi connectivity index (χ2v) is 9.73. The normalized spacial score (nSPS) is 15.6. The Hall–Kier alpha value is -3.01. The van der Waals surface area contributed by atoms with Gasteiger partial charge < -0.3 is 4.74 Å². The molecule has 3 aromatic rings. The molecular formula is C32H35F3O. The Morgan fingerprint density at radius 3 is 2.11 bits per heavy atom. The van der Waals surface area contributed by atoms with Gasteiger partial charge >= 0.3 is 0 Å². The molecular weight excluding hydrogens is 457 g/mol. The molecule has 0 radical (unpaired) electrons. The minimum atomic E-state index is -0.979. The van der Waals surface area contributed by atoms with Gasteiger partial charge in [0.2, 0.25) is 5.82 Å². The summed E-state index contributed by atoms with van der Waals surface area (Å²) in [5, 5.41) is 0. The minimum Gasteiger partial charge on any atom is -0.490 e. The fraction of sp³-hybridized carbons (Fsp3) is 0.375. The Labute approximate surface area is 213 Å². The molecule has 1 atom stereocenters. The summed E-state index contributed by atoms with van der Waals surface area (Å²) in [6.45, 7) is 4.65. The van der Waals surface area contributed by atoms with Crippen LogP contribution in [0, 0.1) is 23.4 Å². The van der Waals surface area contributed by atoms with Gasteiger partial charge in [0.1, 0.15) is 5.82 Å². The molecule has 0 saturated carbocycles. The zero-order valence-corrected chi connectivity index (χ0v) is 21.3. The van der Waals surface area contributed by atoms with Crippen molar-refractivity contribution in [2.75, 3.05) is 6.61 Å². The molecule has 4 rings (SSSR count). The molecule has 1 aliphatic carbocycles. The molecule has 0 fully saturated rings. The van der Waals surface area contributed by atoms with Crippen LogP contribution in [0.25, 0.3) is 27.8 Å². The Kier molecular flexibility index (Phi) is 8.90. The van der Waals surface area contributed by atoms with Crippen molar-refractivity contribution >= 4 is 5.57 Å². The quantitative estimate of drug-likeness (QED) is 0.256. The molecule has 4 heteroatoms. The molecule has 0 amide bonds. The maximum Gasteiger partial charge on any atom is 0.201 e. The molecule has 0 aliphatic heterocycles. The molecule has 0 spiro atoms. The maximum atomic E-state index is 15.1. The van der Waals surface area contributed by atoms with Crippen molar-refractivity contribution in [1.29, 1.82) is 0 Å². The second kappa shape index (κ2) is 12.3. The summed E-state index contributed by atoms with van der Waals surface area (Å²) in [7, 11) is 0. The standard InChI is InChI=1S/C32H35F3O/c1-3-5-6-20-36-30-19-18-28(31(34)32(30)35)25-14-12-24(13-15-25)27-17-16-26(21-29(27)33)23-10-8-22(7-4-2)9-11-23/h10,12-19,21-22H,3-9,11,20H2,1-2H3. The van der Waals surface area contributed by atoms with E-state index in [0.717, 1.165) is 50.0 Å². The second-order valence-electron chi connectivity index (χ2n) is 9.73. The SMILES string of the molecule is CCCCCOc1ccc(-c2ccc(-c3ccc(C4=CCC(CCC)CC4)cc3F)cc2)c(F)c1F. The van der Waals surface area contributed by atoms with E-state index in [1.165, 1.54) is 30.5 Å². The van der Waals surface area contributed by atoms with Crippen molar-refractivity contribution in [3.05, 3.63) is 83.7 Å². The highest BCUT2D eigenvalue weighted by Gasteiger charge is 2.18. The third kappa shape index (κ3) is 6.03. The Morgan fingerprint density at radius 1 is 0.778 bits per heavy atom. The lowest BCUT2D eigenvalue weighted by atomic mass is 9.84. The van der Waals surface area contributed by atoms with Gasteiger partial charge in [-0.2, -0.15) is 4.39 Å². The van der Waals surface area contributed by atoms with Crippen molar-refractivity contribution < 1.29 is 17.9 Å². The first-order valence-corrected chi connectivity index (χ1v) is 13.2. The van der Waals surface area contributed by atoms with Crippen LogP contribution >= 0.6 is 0 Å². The number of benzene rings is 3. The van der Waals surface area contributed by atoms with E-state index in [9.17, 15) is 8.78 Å². The number of hydrogen-bond donors (Lipinski definition) is 0. The summed E-state index contributed by atoms with van der Waals surface area (Å²) < 4.78 is 49.8. The highest BCUT2D eigenvalue weighted by molar-refractivity contribution is 5.74. The highest BCUT2D eigenvalue weighted by atomic mass is 19.2. The lowest BCUT2D eigenvalue weighted by Crippen LogP contribution is -2.05. The maximum absolute atomic E-state index is 15.1. The number of rotatable bonds is 10. The van der Waals surface area contributed by atoms with E-state index in [4.69, 9.17) is 4.74 Å². The van der Waals surface area contributed by atoms with E-state index in [1.54, 1.807) is 30.3 Å². The van der Waals surface area contributed by atoms with Gasteiger partial charge in [-0.25, -0.2) is 8.78 Å². The predicted octanol–water partition coefficient (Wildman–Crippen LogP) is 9.99. The van der Waals surface area contributed by atoms with Crippen LogP contribution in [0.1, 0.15) is 70.8 Å². The molecule has 190 valence electrons. The van der Waals surface area contributed by atoms with Crippen LogP contribution in [-0.2, 0) is 0 Å². The third-order valence-electron chi connectivity index (χ3n) is 7.12. The highest BCUT2D eigenvalue weighted by Crippen LogP contribution is 2.35. The number of ether oxygens (including phenoxy) is 1. The van der Waals surface area contributed by atoms with E-state index in [1.807, 2.05) is 12.1 Å². The van der Waals surface area contributed by atoms with Crippen LogP contribution in [0.4, 0.5) is 13.2 Å². The smallest absolute Gasteiger partial charge is 0.201 e. The zero-order valence-electron chi connectivity index (χ0n) is 21.3. The lowest BCUT2D eigenvalue weighted by Gasteiger charge is -2.22. The predicted molar refractivity (Wildman–Crippen MR) is 142 cm³/mol. The van der Waals surface area contributed by atoms with Crippen LogP contribution in [-0.4, -0.2) is 6.61 Å². The van der Waals surface area contributed by atoms with E-state index in [0.29, 0.717) is 23.3 Å². The molecule has 0 bridgehead atoms. The third-order valence-corrected chi connectivity index (χ3v) is 7.12. The molecule has 1 unspecified atom stereocenters.